The summed E-state index contributed by atoms with van der Waals surface area (Å²) in [4.78, 5) is 21.0. The molecule has 2 heterocycles. The number of quaternary nitrogens is 1. The summed E-state index contributed by atoms with van der Waals surface area (Å²) in [5, 5.41) is 17.1. The van der Waals surface area contributed by atoms with Crippen LogP contribution in [0.2, 0.25) is 0 Å². The number of halogens is 1. The molecule has 4 atom stereocenters. The number of nitrogens with zero attached hydrogens (tertiary/aromatic N) is 2. The Kier molecular flexibility index (Phi) is 9.16. The van der Waals surface area contributed by atoms with Gasteiger partial charge in [0.2, 0.25) is 5.91 Å². The first-order valence-corrected chi connectivity index (χ1v) is 14.8. The van der Waals surface area contributed by atoms with Crippen molar-refractivity contribution < 1.29 is 14.7 Å². The van der Waals surface area contributed by atoms with Gasteiger partial charge in [-0.1, -0.05) is 47.1 Å². The van der Waals surface area contributed by atoms with Crippen molar-refractivity contribution in [3.63, 3.8) is 0 Å². The molecule has 1 aliphatic carbocycles. The van der Waals surface area contributed by atoms with Gasteiger partial charge in [0.15, 0.2) is 0 Å². The molecule has 0 radical (unpaired) electrons. The molecular weight excluding hydrogens is 518 g/mol. The maximum Gasteiger partial charge on any atom is 0.231 e. The first-order chi connectivity index (χ1) is 17.2. The van der Waals surface area contributed by atoms with Crippen LogP contribution in [0.4, 0.5) is 0 Å². The standard InChI is InChI=1S/C29H44BrN3O3/c1-5-36-31-27(23-8-12-25(30)13-9-23)22-6-10-24(11-7-22)29(4)15-18-32(19-16-29)28(34)26-20(2)14-17-33(35)21(26)3/h8-9,12-13,20-22,24,26,33H,5-7,10-11,14-19H2,1-4H3/b31-27-/t20?,21-,22?,24?,26?/m1/s1. The predicted molar refractivity (Wildman–Crippen MR) is 148 cm³/mol. The summed E-state index contributed by atoms with van der Waals surface area (Å²) in [5.74, 6) is 1.49. The summed E-state index contributed by atoms with van der Waals surface area (Å²) in [6, 6.07) is 8.27. The van der Waals surface area contributed by atoms with Crippen LogP contribution in [0.5, 0.6) is 0 Å². The van der Waals surface area contributed by atoms with Crippen LogP contribution in [0.1, 0.15) is 78.2 Å². The van der Waals surface area contributed by atoms with Gasteiger partial charge in [0.25, 0.3) is 0 Å². The molecule has 6 nitrogen and oxygen atoms in total. The van der Waals surface area contributed by atoms with Crippen LogP contribution in [-0.2, 0) is 9.63 Å². The Morgan fingerprint density at radius 2 is 1.78 bits per heavy atom. The second-order valence-corrected chi connectivity index (χ2v) is 12.6. The SMILES string of the molecule is CCO/N=C(\c1ccc(Br)cc1)C1CCC(C2(C)CCN(C(=O)C3C(C)CC[NH+]([O-])[C@@H]3C)CC2)CC1. The fraction of sp³-hybridized carbons (Fsp3) is 0.724. The molecular formula is C29H44BrN3O3. The lowest BCUT2D eigenvalue weighted by molar-refractivity contribution is -0.884. The highest BCUT2D eigenvalue weighted by Crippen LogP contribution is 2.47. The molecule has 3 aliphatic rings. The quantitative estimate of drug-likeness (QED) is 0.300. The van der Waals surface area contributed by atoms with Crippen LogP contribution >= 0.6 is 15.9 Å². The molecule has 1 aromatic rings. The Bertz CT molecular complexity index is 905. The van der Waals surface area contributed by atoms with Crippen molar-refractivity contribution in [1.82, 2.24) is 4.90 Å². The molecule has 2 aliphatic heterocycles. The Balaban J connectivity index is 1.34. The van der Waals surface area contributed by atoms with E-state index in [4.69, 9.17) is 4.84 Å². The highest BCUT2D eigenvalue weighted by molar-refractivity contribution is 9.10. The number of carbonyl (C=O) groups excluding carboxylic acids is 1. The lowest BCUT2D eigenvalue weighted by Gasteiger charge is -2.48. The van der Waals surface area contributed by atoms with Crippen molar-refractivity contribution in [3.8, 4) is 0 Å². The lowest BCUT2D eigenvalue weighted by atomic mass is 9.63. The summed E-state index contributed by atoms with van der Waals surface area (Å²) < 4.78 is 1.07. The zero-order valence-electron chi connectivity index (χ0n) is 22.5. The van der Waals surface area contributed by atoms with Crippen molar-refractivity contribution in [2.24, 2.45) is 34.2 Å². The number of rotatable bonds is 6. The molecule has 1 aromatic carbocycles. The van der Waals surface area contributed by atoms with Gasteiger partial charge in [-0.05, 0) is 87.3 Å². The highest BCUT2D eigenvalue weighted by Gasteiger charge is 2.44. The van der Waals surface area contributed by atoms with Gasteiger partial charge >= 0.3 is 0 Å². The number of oxime groups is 1. The van der Waals surface area contributed by atoms with E-state index in [1.807, 2.05) is 13.8 Å². The number of hydrogen-bond acceptors (Lipinski definition) is 4. The van der Waals surface area contributed by atoms with Gasteiger partial charge in [0.05, 0.1) is 24.2 Å². The highest BCUT2D eigenvalue weighted by atomic mass is 79.9. The van der Waals surface area contributed by atoms with Gasteiger partial charge in [-0.25, -0.2) is 0 Å². The number of nitrogens with one attached hydrogen (secondary N) is 1. The number of amides is 1. The molecule has 3 unspecified atom stereocenters. The normalized spacial score (nSPS) is 33.3. The summed E-state index contributed by atoms with van der Waals surface area (Å²) in [5.41, 5.74) is 2.51. The van der Waals surface area contributed by atoms with Crippen molar-refractivity contribution in [2.75, 3.05) is 26.2 Å². The van der Waals surface area contributed by atoms with Crippen molar-refractivity contribution in [1.29, 1.82) is 0 Å². The van der Waals surface area contributed by atoms with E-state index in [1.54, 1.807) is 0 Å². The number of hydroxylamine groups is 2. The zero-order chi connectivity index (χ0) is 25.9. The minimum atomic E-state index is -0.136. The Hall–Kier alpha value is -1.44. The maximum atomic E-state index is 13.4. The van der Waals surface area contributed by atoms with E-state index in [0.29, 0.717) is 30.9 Å². The lowest BCUT2D eigenvalue weighted by Crippen LogP contribution is -3.13. The summed E-state index contributed by atoms with van der Waals surface area (Å²) >= 11 is 3.53. The molecule has 0 aromatic heterocycles. The van der Waals surface area contributed by atoms with Crippen LogP contribution in [-0.4, -0.2) is 48.8 Å². The van der Waals surface area contributed by atoms with Crippen LogP contribution in [0.25, 0.3) is 0 Å². The average molecular weight is 563 g/mol. The van der Waals surface area contributed by atoms with E-state index in [0.717, 1.165) is 60.9 Å². The largest absolute Gasteiger partial charge is 0.634 e. The third-order valence-corrected chi connectivity index (χ3v) is 10.1. The third kappa shape index (κ3) is 5.99. The smallest absolute Gasteiger partial charge is 0.231 e. The minimum absolute atomic E-state index is 0.132. The van der Waals surface area contributed by atoms with Crippen LogP contribution in [0, 0.1) is 34.3 Å². The molecule has 4 rings (SSSR count). The van der Waals surface area contributed by atoms with Gasteiger partial charge in [-0.3, -0.25) is 4.79 Å². The molecule has 1 saturated carbocycles. The van der Waals surface area contributed by atoms with Crippen LogP contribution in [0.15, 0.2) is 33.9 Å². The van der Waals surface area contributed by atoms with Crippen molar-refractivity contribution in [3.05, 3.63) is 39.5 Å². The fourth-order valence-corrected chi connectivity index (χ4v) is 7.23. The predicted octanol–water partition coefficient (Wildman–Crippen LogP) is 5.05. The third-order valence-electron chi connectivity index (χ3n) is 9.54. The van der Waals surface area contributed by atoms with Gasteiger partial charge < -0.3 is 20.0 Å². The van der Waals surface area contributed by atoms with E-state index in [2.05, 4.69) is 64.1 Å². The molecule has 200 valence electrons. The first-order valence-electron chi connectivity index (χ1n) is 14.0. The number of piperidine rings is 2. The Morgan fingerprint density at radius 3 is 2.39 bits per heavy atom. The number of carbonyl (C=O) groups is 1. The maximum absolute atomic E-state index is 13.4. The molecule has 0 bridgehead atoms. The molecule has 0 spiro atoms. The summed E-state index contributed by atoms with van der Waals surface area (Å²) in [7, 11) is 0. The number of benzene rings is 1. The second kappa shape index (κ2) is 12.0. The van der Waals surface area contributed by atoms with Crippen LogP contribution < -0.4 is 5.06 Å². The zero-order valence-corrected chi connectivity index (χ0v) is 24.1. The molecule has 7 heteroatoms. The molecule has 3 fully saturated rings. The van der Waals surface area contributed by atoms with Crippen molar-refractivity contribution >= 4 is 27.5 Å². The van der Waals surface area contributed by atoms with Crippen molar-refractivity contribution in [2.45, 2.75) is 78.7 Å². The number of likely N-dealkylation sites (tertiary alicyclic amines) is 1. The van der Waals surface area contributed by atoms with E-state index in [1.165, 1.54) is 12.8 Å². The minimum Gasteiger partial charge on any atom is -0.634 e. The van der Waals surface area contributed by atoms with Gasteiger partial charge in [-0.15, -0.1) is 0 Å². The van der Waals surface area contributed by atoms with Gasteiger partial charge in [0, 0.05) is 29.9 Å². The Labute approximate surface area is 225 Å². The average Bonchev–Trinajstić information content (AvgIpc) is 2.88. The summed E-state index contributed by atoms with van der Waals surface area (Å²) in [6.45, 7) is 11.4. The van der Waals surface area contributed by atoms with E-state index < -0.39 is 0 Å². The van der Waals surface area contributed by atoms with Gasteiger partial charge in [0.1, 0.15) is 6.61 Å². The fourth-order valence-electron chi connectivity index (χ4n) is 6.97. The van der Waals surface area contributed by atoms with E-state index in [9.17, 15) is 10.0 Å². The molecule has 36 heavy (non-hydrogen) atoms. The van der Waals surface area contributed by atoms with E-state index in [-0.39, 0.29) is 28.3 Å². The molecule has 1 amide bonds. The second-order valence-electron chi connectivity index (χ2n) is 11.7. The molecule has 2 saturated heterocycles. The topological polar surface area (TPSA) is 69.4 Å². The van der Waals surface area contributed by atoms with Crippen LogP contribution in [0.3, 0.4) is 0 Å². The summed E-state index contributed by atoms with van der Waals surface area (Å²) in [6.07, 6.45) is 7.62. The number of hydrogen-bond donors (Lipinski definition) is 1. The van der Waals surface area contributed by atoms with E-state index >= 15 is 0 Å². The molecule has 1 N–H and O–H groups in total. The first kappa shape index (κ1) is 27.6. The van der Waals surface area contributed by atoms with Gasteiger partial charge in [-0.2, -0.15) is 0 Å². The Morgan fingerprint density at radius 1 is 1.14 bits per heavy atom. The monoisotopic (exact) mass is 561 g/mol.